The van der Waals surface area contributed by atoms with E-state index in [1.807, 2.05) is 39.8 Å². The normalized spacial score (nSPS) is 12.1. The van der Waals surface area contributed by atoms with Gasteiger partial charge in [0.15, 0.2) is 0 Å². The summed E-state index contributed by atoms with van der Waals surface area (Å²) in [6.45, 7) is 6.96. The summed E-state index contributed by atoms with van der Waals surface area (Å²) in [4.78, 5) is 28.7. The minimum Gasteiger partial charge on any atom is -0.497 e. The van der Waals surface area contributed by atoms with Crippen LogP contribution in [0.5, 0.6) is 5.75 Å². The average molecular weight is 586 g/mol. The molecule has 3 aromatic rings. The van der Waals surface area contributed by atoms with Crippen molar-refractivity contribution in [2.75, 3.05) is 18.0 Å². The number of aryl methyl sites for hydroxylation is 1. The summed E-state index contributed by atoms with van der Waals surface area (Å²) in [6.07, 6.45) is 0.339. The molecule has 2 amide bonds. The van der Waals surface area contributed by atoms with Crippen LogP contribution in [0.15, 0.2) is 77.7 Å². The molecule has 1 N–H and O–H groups in total. The van der Waals surface area contributed by atoms with Gasteiger partial charge >= 0.3 is 0 Å². The molecule has 8 nitrogen and oxygen atoms in total. The molecular formula is C30H36ClN3O5S. The van der Waals surface area contributed by atoms with E-state index in [9.17, 15) is 18.0 Å². The van der Waals surface area contributed by atoms with Gasteiger partial charge in [-0.2, -0.15) is 0 Å². The molecule has 40 heavy (non-hydrogen) atoms. The third kappa shape index (κ3) is 7.76. The fraction of sp³-hybridized carbons (Fsp3) is 0.333. The predicted octanol–water partition coefficient (Wildman–Crippen LogP) is 5.18. The van der Waals surface area contributed by atoms with E-state index in [0.29, 0.717) is 17.2 Å². The minimum atomic E-state index is -4.14. The highest BCUT2D eigenvalue weighted by Gasteiger charge is 2.33. The molecule has 0 aliphatic heterocycles. The first-order valence-electron chi connectivity index (χ1n) is 13.0. The van der Waals surface area contributed by atoms with Crippen molar-refractivity contribution in [3.8, 4) is 5.75 Å². The van der Waals surface area contributed by atoms with Crippen LogP contribution in [0.3, 0.4) is 0 Å². The molecular weight excluding hydrogens is 550 g/mol. The molecule has 0 saturated heterocycles. The Hall–Kier alpha value is -3.56. The highest BCUT2D eigenvalue weighted by molar-refractivity contribution is 7.92. The molecule has 0 heterocycles. The summed E-state index contributed by atoms with van der Waals surface area (Å²) in [6, 6.07) is 18.9. The van der Waals surface area contributed by atoms with E-state index in [0.717, 1.165) is 15.4 Å². The van der Waals surface area contributed by atoms with E-state index in [-0.39, 0.29) is 29.1 Å². The second-order valence-electron chi connectivity index (χ2n) is 9.76. The van der Waals surface area contributed by atoms with Crippen molar-refractivity contribution in [3.63, 3.8) is 0 Å². The van der Waals surface area contributed by atoms with Crippen LogP contribution in [-0.2, 0) is 26.2 Å². The van der Waals surface area contributed by atoms with Gasteiger partial charge in [-0.1, -0.05) is 48.4 Å². The molecule has 0 aromatic heterocycles. The average Bonchev–Trinajstić information content (AvgIpc) is 2.92. The Bertz CT molecular complexity index is 1390. The quantitative estimate of drug-likeness (QED) is 0.316. The standard InChI is InChI=1S/C30H36ClN3O5S/c1-6-28(30(36)32-21(2)3)33(19-23-9-15-26(39-5)16-10-23)29(35)20-34(25-13-11-24(31)12-14-25)40(37,38)27-17-7-22(4)8-18-27/h7-18,21,28H,6,19-20H2,1-5H3,(H,32,36)/t28-/m1/s1. The van der Waals surface area contributed by atoms with Crippen LogP contribution in [-0.4, -0.2) is 50.9 Å². The van der Waals surface area contributed by atoms with Crippen molar-refractivity contribution in [2.24, 2.45) is 0 Å². The molecule has 3 aromatic carbocycles. The molecule has 0 spiro atoms. The van der Waals surface area contributed by atoms with E-state index >= 15 is 0 Å². The van der Waals surface area contributed by atoms with Crippen LogP contribution in [0.1, 0.15) is 38.3 Å². The monoisotopic (exact) mass is 585 g/mol. The Kier molecular flexibility index (Phi) is 10.6. The Morgan fingerprint density at radius 2 is 1.55 bits per heavy atom. The molecule has 0 aliphatic rings. The summed E-state index contributed by atoms with van der Waals surface area (Å²) in [5.74, 6) is -0.171. The van der Waals surface area contributed by atoms with Crippen LogP contribution >= 0.6 is 11.6 Å². The van der Waals surface area contributed by atoms with Crippen molar-refractivity contribution in [1.29, 1.82) is 0 Å². The second kappa shape index (κ2) is 13.7. The molecule has 214 valence electrons. The van der Waals surface area contributed by atoms with Gasteiger partial charge in [-0.25, -0.2) is 8.42 Å². The highest BCUT2D eigenvalue weighted by Crippen LogP contribution is 2.26. The zero-order valence-electron chi connectivity index (χ0n) is 23.4. The molecule has 0 saturated carbocycles. The lowest BCUT2D eigenvalue weighted by Crippen LogP contribution is -2.53. The predicted molar refractivity (Wildman–Crippen MR) is 158 cm³/mol. The highest BCUT2D eigenvalue weighted by atomic mass is 35.5. The van der Waals surface area contributed by atoms with Gasteiger partial charge in [0, 0.05) is 17.6 Å². The Morgan fingerprint density at radius 3 is 2.08 bits per heavy atom. The molecule has 10 heteroatoms. The number of hydrogen-bond acceptors (Lipinski definition) is 5. The van der Waals surface area contributed by atoms with E-state index in [1.165, 1.54) is 17.0 Å². The number of ether oxygens (including phenoxy) is 1. The molecule has 1 atom stereocenters. The number of halogens is 1. The first kappa shape index (κ1) is 31.0. The number of anilines is 1. The first-order valence-corrected chi connectivity index (χ1v) is 14.9. The Labute approximate surface area is 241 Å². The third-order valence-corrected chi connectivity index (χ3v) is 8.37. The van der Waals surface area contributed by atoms with Gasteiger partial charge in [0.2, 0.25) is 11.8 Å². The van der Waals surface area contributed by atoms with Gasteiger partial charge in [-0.05, 0) is 81.3 Å². The molecule has 0 bridgehead atoms. The SMILES string of the molecule is CC[C@H](C(=O)NC(C)C)N(Cc1ccc(OC)cc1)C(=O)CN(c1ccc(Cl)cc1)S(=O)(=O)c1ccc(C)cc1. The first-order chi connectivity index (χ1) is 19.0. The summed E-state index contributed by atoms with van der Waals surface area (Å²) < 4.78 is 34.0. The van der Waals surface area contributed by atoms with Crippen molar-refractivity contribution in [2.45, 2.75) is 57.6 Å². The number of benzene rings is 3. The second-order valence-corrected chi connectivity index (χ2v) is 12.1. The number of amides is 2. The van der Waals surface area contributed by atoms with Gasteiger partial charge in [0.05, 0.1) is 17.7 Å². The molecule has 0 fully saturated rings. The van der Waals surface area contributed by atoms with Gasteiger partial charge < -0.3 is 15.0 Å². The van der Waals surface area contributed by atoms with E-state index in [4.69, 9.17) is 16.3 Å². The number of sulfonamides is 1. The Morgan fingerprint density at radius 1 is 0.950 bits per heavy atom. The van der Waals surface area contributed by atoms with E-state index in [2.05, 4.69) is 5.32 Å². The third-order valence-electron chi connectivity index (χ3n) is 6.33. The van der Waals surface area contributed by atoms with E-state index < -0.39 is 28.5 Å². The smallest absolute Gasteiger partial charge is 0.264 e. The van der Waals surface area contributed by atoms with Crippen LogP contribution in [0, 0.1) is 6.92 Å². The van der Waals surface area contributed by atoms with Crippen molar-refractivity contribution >= 4 is 39.1 Å². The van der Waals surface area contributed by atoms with Gasteiger partial charge in [-0.3, -0.25) is 13.9 Å². The van der Waals surface area contributed by atoms with Crippen LogP contribution < -0.4 is 14.4 Å². The van der Waals surface area contributed by atoms with Crippen molar-refractivity contribution in [3.05, 3.63) is 88.9 Å². The lowest BCUT2D eigenvalue weighted by Gasteiger charge is -2.33. The number of methoxy groups -OCH3 is 1. The number of nitrogens with one attached hydrogen (secondary N) is 1. The topological polar surface area (TPSA) is 96.0 Å². The zero-order chi connectivity index (χ0) is 29.4. The van der Waals surface area contributed by atoms with Gasteiger partial charge in [0.1, 0.15) is 18.3 Å². The van der Waals surface area contributed by atoms with E-state index in [1.54, 1.807) is 55.6 Å². The van der Waals surface area contributed by atoms with Crippen LogP contribution in [0.4, 0.5) is 5.69 Å². The van der Waals surface area contributed by atoms with Gasteiger partial charge in [0.25, 0.3) is 10.0 Å². The maximum atomic E-state index is 14.0. The lowest BCUT2D eigenvalue weighted by molar-refractivity contribution is -0.140. The number of carbonyl (C=O) groups is 2. The van der Waals surface area contributed by atoms with Crippen LogP contribution in [0.25, 0.3) is 0 Å². The largest absolute Gasteiger partial charge is 0.497 e. The lowest BCUT2D eigenvalue weighted by atomic mass is 10.1. The Balaban J connectivity index is 2.05. The van der Waals surface area contributed by atoms with Crippen LogP contribution in [0.2, 0.25) is 5.02 Å². The van der Waals surface area contributed by atoms with Gasteiger partial charge in [-0.15, -0.1) is 0 Å². The fourth-order valence-corrected chi connectivity index (χ4v) is 5.74. The molecule has 0 radical (unpaired) electrons. The molecule has 0 aliphatic carbocycles. The number of carbonyl (C=O) groups excluding carboxylic acids is 2. The summed E-state index contributed by atoms with van der Waals surface area (Å²) >= 11 is 6.07. The number of rotatable bonds is 12. The fourth-order valence-electron chi connectivity index (χ4n) is 4.20. The molecule has 0 unspecified atom stereocenters. The zero-order valence-corrected chi connectivity index (χ0v) is 25.0. The van der Waals surface area contributed by atoms with Crippen molar-refractivity contribution in [1.82, 2.24) is 10.2 Å². The number of nitrogens with zero attached hydrogens (tertiary/aromatic N) is 2. The maximum absolute atomic E-state index is 14.0. The number of hydrogen-bond donors (Lipinski definition) is 1. The minimum absolute atomic E-state index is 0.0483. The summed E-state index contributed by atoms with van der Waals surface area (Å²) in [5.41, 5.74) is 1.95. The molecule has 3 rings (SSSR count). The summed E-state index contributed by atoms with van der Waals surface area (Å²) in [5, 5.41) is 3.32. The maximum Gasteiger partial charge on any atom is 0.264 e. The summed E-state index contributed by atoms with van der Waals surface area (Å²) in [7, 11) is -2.58. The van der Waals surface area contributed by atoms with Crippen molar-refractivity contribution < 1.29 is 22.7 Å².